The minimum Gasteiger partial charge on any atom is -0.363 e. The van der Waals surface area contributed by atoms with Gasteiger partial charge in [0.05, 0.1) is 16.5 Å². The predicted octanol–water partition coefficient (Wildman–Crippen LogP) is 3.57. The van der Waals surface area contributed by atoms with Gasteiger partial charge in [0, 0.05) is 18.2 Å². The van der Waals surface area contributed by atoms with E-state index in [1.165, 1.54) is 11.6 Å². The fourth-order valence-electron chi connectivity index (χ4n) is 3.65. The lowest BCUT2D eigenvalue weighted by molar-refractivity contribution is -0.114. The molecule has 131 valence electrons. The Bertz CT molecular complexity index is 1000. The van der Waals surface area contributed by atoms with Crippen LogP contribution in [0.1, 0.15) is 40.4 Å². The monoisotopic (exact) mass is 347 g/mol. The Morgan fingerprint density at radius 2 is 1.77 bits per heavy atom. The molecule has 26 heavy (non-hydrogen) atoms. The van der Waals surface area contributed by atoms with Crippen molar-refractivity contribution >= 4 is 22.6 Å². The minimum absolute atomic E-state index is 0.205. The zero-order valence-electron chi connectivity index (χ0n) is 14.3. The number of amides is 1. The molecule has 2 N–H and O–H groups in total. The average Bonchev–Trinajstić information content (AvgIpc) is 3.42. The van der Waals surface area contributed by atoms with E-state index in [-0.39, 0.29) is 17.2 Å². The second-order valence-electron chi connectivity index (χ2n) is 6.77. The molecule has 1 fully saturated rings. The molecule has 1 amide bonds. The van der Waals surface area contributed by atoms with Crippen LogP contribution >= 0.6 is 0 Å². The SMILES string of the molecule is NC(=O)C(=O)c1c(C2CC2)n(CCc2ccccc2)c2cccc([O])c12. The molecule has 2 aromatic carbocycles. The zero-order valence-corrected chi connectivity index (χ0v) is 14.3. The van der Waals surface area contributed by atoms with Gasteiger partial charge in [-0.2, -0.15) is 0 Å². The fraction of sp³-hybridized carbons (Fsp3) is 0.238. The molecular weight excluding hydrogens is 328 g/mol. The van der Waals surface area contributed by atoms with Crippen LogP contribution in [0.2, 0.25) is 0 Å². The van der Waals surface area contributed by atoms with Gasteiger partial charge in [0.1, 0.15) is 0 Å². The molecular formula is C21H19N2O3. The number of nitrogens with two attached hydrogens (primary N) is 1. The van der Waals surface area contributed by atoms with Crippen molar-refractivity contribution in [1.82, 2.24) is 4.57 Å². The highest BCUT2D eigenvalue weighted by atomic mass is 16.3. The van der Waals surface area contributed by atoms with Gasteiger partial charge < -0.3 is 10.3 Å². The summed E-state index contributed by atoms with van der Waals surface area (Å²) in [6, 6.07) is 15.0. The lowest BCUT2D eigenvalue weighted by Gasteiger charge is -2.11. The van der Waals surface area contributed by atoms with Crippen LogP contribution in [0.5, 0.6) is 5.75 Å². The fourth-order valence-corrected chi connectivity index (χ4v) is 3.65. The highest BCUT2D eigenvalue weighted by molar-refractivity contribution is 6.45. The lowest BCUT2D eigenvalue weighted by atomic mass is 10.0. The molecule has 0 unspecified atom stereocenters. The van der Waals surface area contributed by atoms with Crippen LogP contribution in [0, 0.1) is 0 Å². The van der Waals surface area contributed by atoms with Crippen LogP contribution in [0.15, 0.2) is 48.5 Å². The average molecular weight is 347 g/mol. The number of carbonyl (C=O) groups excluding carboxylic acids is 2. The summed E-state index contributed by atoms with van der Waals surface area (Å²) in [5.74, 6) is -1.82. The Kier molecular flexibility index (Phi) is 3.99. The number of primary amides is 1. The number of aromatic nitrogens is 1. The van der Waals surface area contributed by atoms with E-state index in [0.29, 0.717) is 17.4 Å². The number of aryl methyl sites for hydroxylation is 2. The second kappa shape index (κ2) is 6.33. The molecule has 0 aliphatic heterocycles. The van der Waals surface area contributed by atoms with Gasteiger partial charge >= 0.3 is 0 Å². The number of benzene rings is 2. The first-order valence-electron chi connectivity index (χ1n) is 8.78. The minimum atomic E-state index is -1.02. The number of rotatable bonds is 6. The zero-order chi connectivity index (χ0) is 18.3. The first-order chi connectivity index (χ1) is 12.6. The molecule has 0 saturated heterocycles. The van der Waals surface area contributed by atoms with Gasteiger partial charge in [-0.25, -0.2) is 0 Å². The summed E-state index contributed by atoms with van der Waals surface area (Å²) >= 11 is 0. The van der Waals surface area contributed by atoms with Crippen LogP contribution in [0.4, 0.5) is 0 Å². The standard InChI is InChI=1S/C21H19N2O3/c22-21(26)20(25)18-17-15(7-4-8-16(17)24)23(19(18)14-9-10-14)12-11-13-5-2-1-3-6-13/h1-8,14H,9-12H2,(H2,22,26). The highest BCUT2D eigenvalue weighted by Gasteiger charge is 2.36. The Morgan fingerprint density at radius 1 is 1.04 bits per heavy atom. The van der Waals surface area contributed by atoms with Gasteiger partial charge in [-0.05, 0) is 37.0 Å². The Balaban J connectivity index is 1.88. The van der Waals surface area contributed by atoms with E-state index in [4.69, 9.17) is 5.73 Å². The van der Waals surface area contributed by atoms with Gasteiger partial charge in [-0.3, -0.25) is 14.7 Å². The van der Waals surface area contributed by atoms with Crippen LogP contribution in [-0.4, -0.2) is 16.3 Å². The van der Waals surface area contributed by atoms with Crippen molar-refractivity contribution in [2.24, 2.45) is 5.73 Å². The Hall–Kier alpha value is -3.08. The summed E-state index contributed by atoms with van der Waals surface area (Å²) in [5.41, 5.74) is 8.17. The molecule has 0 spiro atoms. The van der Waals surface area contributed by atoms with Crippen molar-refractivity contribution in [2.45, 2.75) is 31.7 Å². The molecule has 5 nitrogen and oxygen atoms in total. The molecule has 1 radical (unpaired) electrons. The van der Waals surface area contributed by atoms with E-state index in [9.17, 15) is 14.7 Å². The molecule has 1 aliphatic rings. The molecule has 1 aliphatic carbocycles. The maximum Gasteiger partial charge on any atom is 0.289 e. The van der Waals surface area contributed by atoms with Crippen LogP contribution in [0.25, 0.3) is 10.9 Å². The molecule has 1 heterocycles. The second-order valence-corrected chi connectivity index (χ2v) is 6.77. The number of Topliss-reactive ketones (excluding diaryl/α,β-unsaturated/α-hetero) is 1. The normalized spacial score (nSPS) is 13.8. The summed E-state index contributed by atoms with van der Waals surface area (Å²) < 4.78 is 2.04. The summed E-state index contributed by atoms with van der Waals surface area (Å²) in [4.78, 5) is 24.1. The Labute approximate surface area is 151 Å². The topological polar surface area (TPSA) is 85.0 Å². The maximum absolute atomic E-state index is 12.5. The molecule has 0 bridgehead atoms. The van der Waals surface area contributed by atoms with E-state index in [1.807, 2.05) is 28.8 Å². The number of fused-ring (bicyclic) bond motifs is 1. The third kappa shape index (κ3) is 2.75. The molecule has 3 aromatic rings. The van der Waals surface area contributed by atoms with E-state index < -0.39 is 11.7 Å². The Morgan fingerprint density at radius 3 is 2.42 bits per heavy atom. The molecule has 5 heteroatoms. The highest BCUT2D eigenvalue weighted by Crippen LogP contribution is 2.46. The predicted molar refractivity (Wildman–Crippen MR) is 97.7 cm³/mol. The van der Waals surface area contributed by atoms with Crippen molar-refractivity contribution in [2.75, 3.05) is 0 Å². The molecule has 0 atom stereocenters. The van der Waals surface area contributed by atoms with Crippen molar-refractivity contribution in [1.29, 1.82) is 0 Å². The van der Waals surface area contributed by atoms with Gasteiger partial charge in [0.25, 0.3) is 11.7 Å². The summed E-state index contributed by atoms with van der Waals surface area (Å²) in [6.45, 7) is 0.641. The van der Waals surface area contributed by atoms with Gasteiger partial charge in [0.2, 0.25) is 0 Å². The van der Waals surface area contributed by atoms with Crippen molar-refractivity contribution in [3.63, 3.8) is 0 Å². The third-order valence-corrected chi connectivity index (χ3v) is 4.97. The number of hydrogen-bond donors (Lipinski definition) is 1. The van der Waals surface area contributed by atoms with E-state index >= 15 is 0 Å². The van der Waals surface area contributed by atoms with Gasteiger partial charge in [0.15, 0.2) is 5.75 Å². The van der Waals surface area contributed by atoms with E-state index in [0.717, 1.165) is 25.0 Å². The first-order valence-corrected chi connectivity index (χ1v) is 8.78. The number of carbonyl (C=O) groups is 2. The van der Waals surface area contributed by atoms with Crippen molar-refractivity contribution in [3.8, 4) is 5.75 Å². The smallest absolute Gasteiger partial charge is 0.289 e. The summed E-state index contributed by atoms with van der Waals surface area (Å²) in [6.07, 6.45) is 2.68. The van der Waals surface area contributed by atoms with Crippen molar-refractivity contribution < 1.29 is 14.7 Å². The summed E-state index contributed by atoms with van der Waals surface area (Å²) in [7, 11) is 0. The van der Waals surface area contributed by atoms with Crippen LogP contribution < -0.4 is 5.73 Å². The molecule has 1 aromatic heterocycles. The largest absolute Gasteiger partial charge is 0.363 e. The lowest BCUT2D eigenvalue weighted by Crippen LogP contribution is -2.24. The molecule has 4 rings (SSSR count). The maximum atomic E-state index is 12.5. The van der Waals surface area contributed by atoms with Crippen LogP contribution in [0.3, 0.4) is 0 Å². The van der Waals surface area contributed by atoms with E-state index in [1.54, 1.807) is 6.07 Å². The van der Waals surface area contributed by atoms with Crippen molar-refractivity contribution in [3.05, 3.63) is 65.4 Å². The first kappa shape index (κ1) is 16.4. The van der Waals surface area contributed by atoms with Gasteiger partial charge in [-0.1, -0.05) is 36.4 Å². The molecule has 1 saturated carbocycles. The van der Waals surface area contributed by atoms with E-state index in [2.05, 4.69) is 12.1 Å². The number of hydrogen-bond acceptors (Lipinski definition) is 2. The number of nitrogens with zero attached hydrogens (tertiary/aromatic N) is 1. The quantitative estimate of drug-likeness (QED) is 0.546. The number of ketones is 1. The van der Waals surface area contributed by atoms with Gasteiger partial charge in [-0.15, -0.1) is 0 Å². The van der Waals surface area contributed by atoms with Crippen LogP contribution in [-0.2, 0) is 22.9 Å². The summed E-state index contributed by atoms with van der Waals surface area (Å²) in [5, 5.41) is 12.8. The third-order valence-electron chi connectivity index (χ3n) is 4.97.